The molecule has 21 heavy (non-hydrogen) atoms. The minimum absolute atomic E-state index is 0.0721. The van der Waals surface area contributed by atoms with Gasteiger partial charge in [-0.05, 0) is 30.3 Å². The van der Waals surface area contributed by atoms with Crippen LogP contribution in [-0.2, 0) is 4.79 Å². The Morgan fingerprint density at radius 3 is 2.43 bits per heavy atom. The predicted octanol–water partition coefficient (Wildman–Crippen LogP) is 1.71. The second-order valence-corrected chi connectivity index (χ2v) is 4.39. The standard InChI is InChI=1S/C15H14N2O4/c16-12-6-1-2-7-13(12)17(9-14(19)20)15(21)10-4-3-5-11(18)8-10/h1-8,18H,9,16H2,(H,19,20). The zero-order chi connectivity index (χ0) is 15.4. The van der Waals surface area contributed by atoms with Crippen LogP contribution in [0.25, 0.3) is 0 Å². The van der Waals surface area contributed by atoms with Crippen molar-refractivity contribution in [3.63, 3.8) is 0 Å². The van der Waals surface area contributed by atoms with Crippen LogP contribution in [-0.4, -0.2) is 28.6 Å². The summed E-state index contributed by atoms with van der Waals surface area (Å²) in [5.41, 5.74) is 6.60. The smallest absolute Gasteiger partial charge is 0.323 e. The molecule has 0 atom stereocenters. The van der Waals surface area contributed by atoms with Gasteiger partial charge < -0.3 is 15.9 Å². The number of aromatic hydroxyl groups is 1. The van der Waals surface area contributed by atoms with Crippen LogP contribution >= 0.6 is 0 Å². The minimum Gasteiger partial charge on any atom is -0.508 e. The van der Waals surface area contributed by atoms with Crippen molar-refractivity contribution in [1.82, 2.24) is 0 Å². The number of anilines is 2. The highest BCUT2D eigenvalue weighted by molar-refractivity contribution is 6.09. The monoisotopic (exact) mass is 286 g/mol. The molecule has 0 aromatic heterocycles. The summed E-state index contributed by atoms with van der Waals surface area (Å²) in [6, 6.07) is 12.2. The third-order valence-electron chi connectivity index (χ3n) is 2.86. The molecule has 0 bridgehead atoms. The quantitative estimate of drug-likeness (QED) is 0.742. The number of hydrogen-bond donors (Lipinski definition) is 3. The van der Waals surface area contributed by atoms with E-state index in [0.29, 0.717) is 11.4 Å². The number of benzene rings is 2. The van der Waals surface area contributed by atoms with E-state index >= 15 is 0 Å². The van der Waals surface area contributed by atoms with Crippen molar-refractivity contribution in [1.29, 1.82) is 0 Å². The number of aliphatic carboxylic acids is 1. The summed E-state index contributed by atoms with van der Waals surface area (Å²) in [6.07, 6.45) is 0. The van der Waals surface area contributed by atoms with Gasteiger partial charge in [0, 0.05) is 5.56 Å². The van der Waals surface area contributed by atoms with E-state index in [1.807, 2.05) is 0 Å². The van der Waals surface area contributed by atoms with Crippen LogP contribution < -0.4 is 10.6 Å². The Kier molecular flexibility index (Phi) is 4.08. The number of nitrogen functional groups attached to an aromatic ring is 1. The number of nitrogens with zero attached hydrogens (tertiary/aromatic N) is 1. The second-order valence-electron chi connectivity index (χ2n) is 4.39. The molecule has 0 aliphatic carbocycles. The lowest BCUT2D eigenvalue weighted by Gasteiger charge is -2.22. The molecule has 0 aliphatic heterocycles. The van der Waals surface area contributed by atoms with E-state index in [4.69, 9.17) is 10.8 Å². The van der Waals surface area contributed by atoms with E-state index in [1.165, 1.54) is 24.3 Å². The average Bonchev–Trinajstić information content (AvgIpc) is 2.45. The van der Waals surface area contributed by atoms with Crippen LogP contribution in [0.15, 0.2) is 48.5 Å². The fourth-order valence-electron chi connectivity index (χ4n) is 1.93. The van der Waals surface area contributed by atoms with Crippen LogP contribution in [0.3, 0.4) is 0 Å². The number of phenols is 1. The molecule has 0 fully saturated rings. The number of amides is 1. The van der Waals surface area contributed by atoms with Gasteiger partial charge in [0.15, 0.2) is 0 Å². The van der Waals surface area contributed by atoms with Gasteiger partial charge in [0.2, 0.25) is 0 Å². The molecule has 6 heteroatoms. The average molecular weight is 286 g/mol. The maximum absolute atomic E-state index is 12.5. The van der Waals surface area contributed by atoms with Crippen molar-refractivity contribution in [2.24, 2.45) is 0 Å². The zero-order valence-electron chi connectivity index (χ0n) is 11.1. The molecular formula is C15H14N2O4. The highest BCUT2D eigenvalue weighted by Gasteiger charge is 2.22. The fraction of sp³-hybridized carbons (Fsp3) is 0.0667. The number of phenolic OH excluding ortho intramolecular Hbond substituents is 1. The third kappa shape index (κ3) is 3.30. The number of para-hydroxylation sites is 2. The van der Waals surface area contributed by atoms with Gasteiger partial charge in [0.1, 0.15) is 12.3 Å². The van der Waals surface area contributed by atoms with Crippen LogP contribution in [0, 0.1) is 0 Å². The Labute approximate surface area is 121 Å². The predicted molar refractivity (Wildman–Crippen MR) is 78.3 cm³/mol. The highest BCUT2D eigenvalue weighted by Crippen LogP contribution is 2.25. The molecule has 2 rings (SSSR count). The van der Waals surface area contributed by atoms with Gasteiger partial charge in [0.05, 0.1) is 11.4 Å². The molecule has 2 aromatic carbocycles. The van der Waals surface area contributed by atoms with Gasteiger partial charge in [-0.3, -0.25) is 14.5 Å². The van der Waals surface area contributed by atoms with Crippen molar-refractivity contribution in [3.8, 4) is 5.75 Å². The van der Waals surface area contributed by atoms with Gasteiger partial charge in [-0.1, -0.05) is 18.2 Å². The maximum Gasteiger partial charge on any atom is 0.323 e. The lowest BCUT2D eigenvalue weighted by molar-refractivity contribution is -0.135. The van der Waals surface area contributed by atoms with Crippen molar-refractivity contribution < 1.29 is 19.8 Å². The largest absolute Gasteiger partial charge is 0.508 e. The normalized spacial score (nSPS) is 10.1. The van der Waals surface area contributed by atoms with Crippen molar-refractivity contribution in [2.75, 3.05) is 17.2 Å². The Morgan fingerprint density at radius 1 is 1.10 bits per heavy atom. The van der Waals surface area contributed by atoms with E-state index in [9.17, 15) is 14.7 Å². The molecule has 108 valence electrons. The summed E-state index contributed by atoms with van der Waals surface area (Å²) >= 11 is 0. The number of rotatable bonds is 4. The van der Waals surface area contributed by atoms with Gasteiger partial charge in [-0.25, -0.2) is 0 Å². The maximum atomic E-state index is 12.5. The first-order valence-electron chi connectivity index (χ1n) is 6.16. The van der Waals surface area contributed by atoms with Gasteiger partial charge in [-0.2, -0.15) is 0 Å². The topological polar surface area (TPSA) is 104 Å². The van der Waals surface area contributed by atoms with Crippen LogP contribution in [0.2, 0.25) is 0 Å². The molecule has 6 nitrogen and oxygen atoms in total. The first-order chi connectivity index (χ1) is 9.99. The van der Waals surface area contributed by atoms with Gasteiger partial charge in [-0.15, -0.1) is 0 Å². The molecule has 0 saturated carbocycles. The van der Waals surface area contributed by atoms with Crippen molar-refractivity contribution in [3.05, 3.63) is 54.1 Å². The number of carboxylic acid groups (broad SMARTS) is 1. The molecule has 0 saturated heterocycles. The zero-order valence-corrected chi connectivity index (χ0v) is 11.1. The van der Waals surface area contributed by atoms with E-state index in [2.05, 4.69) is 0 Å². The summed E-state index contributed by atoms with van der Waals surface area (Å²) in [5, 5.41) is 18.4. The first kappa shape index (κ1) is 14.4. The summed E-state index contributed by atoms with van der Waals surface area (Å²) in [4.78, 5) is 24.6. The Bertz CT molecular complexity index is 685. The summed E-state index contributed by atoms with van der Waals surface area (Å²) in [7, 11) is 0. The lowest BCUT2D eigenvalue weighted by atomic mass is 10.1. The fourth-order valence-corrected chi connectivity index (χ4v) is 1.93. The van der Waals surface area contributed by atoms with Crippen LogP contribution in [0.1, 0.15) is 10.4 Å². The minimum atomic E-state index is -1.16. The van der Waals surface area contributed by atoms with Crippen molar-refractivity contribution >= 4 is 23.3 Å². The molecule has 0 radical (unpaired) electrons. The number of carboxylic acids is 1. The molecule has 0 aliphatic rings. The van der Waals surface area contributed by atoms with Crippen molar-refractivity contribution in [2.45, 2.75) is 0 Å². The second kappa shape index (κ2) is 5.96. The molecule has 2 aromatic rings. The lowest BCUT2D eigenvalue weighted by Crippen LogP contribution is -2.36. The first-order valence-corrected chi connectivity index (χ1v) is 6.16. The number of carbonyl (C=O) groups is 2. The van der Waals surface area contributed by atoms with Crippen LogP contribution in [0.4, 0.5) is 11.4 Å². The summed E-state index contributed by atoms with van der Waals surface area (Å²) < 4.78 is 0. The van der Waals surface area contributed by atoms with Gasteiger partial charge >= 0.3 is 5.97 Å². The molecule has 0 unspecified atom stereocenters. The Morgan fingerprint density at radius 2 is 1.81 bits per heavy atom. The SMILES string of the molecule is Nc1ccccc1N(CC(=O)O)C(=O)c1cccc(O)c1. The summed E-state index contributed by atoms with van der Waals surface area (Å²) in [6.45, 7) is -0.525. The Balaban J connectivity index is 2.43. The molecule has 4 N–H and O–H groups in total. The molecule has 0 spiro atoms. The Hall–Kier alpha value is -3.02. The molecular weight excluding hydrogens is 272 g/mol. The van der Waals surface area contributed by atoms with E-state index in [0.717, 1.165) is 4.90 Å². The van der Waals surface area contributed by atoms with Crippen LogP contribution in [0.5, 0.6) is 5.75 Å². The van der Waals surface area contributed by atoms with E-state index < -0.39 is 18.4 Å². The van der Waals surface area contributed by atoms with E-state index in [1.54, 1.807) is 24.3 Å². The third-order valence-corrected chi connectivity index (χ3v) is 2.86. The number of carbonyl (C=O) groups excluding carboxylic acids is 1. The molecule has 1 amide bonds. The highest BCUT2D eigenvalue weighted by atomic mass is 16.4. The number of hydrogen-bond acceptors (Lipinski definition) is 4. The van der Waals surface area contributed by atoms with E-state index in [-0.39, 0.29) is 11.3 Å². The number of nitrogens with two attached hydrogens (primary N) is 1. The summed E-state index contributed by atoms with van der Waals surface area (Å²) in [5.74, 6) is -1.78. The molecule has 0 heterocycles. The van der Waals surface area contributed by atoms with Gasteiger partial charge in [0.25, 0.3) is 5.91 Å².